The molecule has 2 heteroatoms. The molecular formula is C13H21NU. The maximum Gasteiger partial charge on any atom is 2.00 e. The third-order valence-electron chi connectivity index (χ3n) is 1.83. The molecule has 0 atom stereocenters. The summed E-state index contributed by atoms with van der Waals surface area (Å²) in [7, 11) is 0. The van der Waals surface area contributed by atoms with Crippen LogP contribution in [0.25, 0.3) is 0 Å². The summed E-state index contributed by atoms with van der Waals surface area (Å²) in [5.74, 6) is 0. The van der Waals surface area contributed by atoms with Gasteiger partial charge in [-0.1, -0.05) is 6.92 Å². The molecule has 82 valence electrons. The van der Waals surface area contributed by atoms with E-state index in [1.54, 1.807) is 0 Å². The molecule has 0 amide bonds. The fourth-order valence-corrected chi connectivity index (χ4v) is 0.879. The van der Waals surface area contributed by atoms with Crippen LogP contribution in [0.1, 0.15) is 32.3 Å². The second kappa shape index (κ2) is 14.2. The molecule has 15 heavy (non-hydrogen) atoms. The summed E-state index contributed by atoms with van der Waals surface area (Å²) in [5.41, 5.74) is 6.62. The minimum absolute atomic E-state index is 0. The van der Waals surface area contributed by atoms with Crippen molar-refractivity contribution in [2.24, 2.45) is 5.73 Å². The Morgan fingerprint density at radius 1 is 1.40 bits per heavy atom. The number of rotatable bonds is 4. The van der Waals surface area contributed by atoms with Crippen molar-refractivity contribution in [2.45, 2.75) is 33.1 Å². The minimum Gasteiger partial charge on any atom is -0.332 e. The van der Waals surface area contributed by atoms with E-state index in [4.69, 9.17) is 5.73 Å². The zero-order valence-corrected chi connectivity index (χ0v) is 14.0. The fourth-order valence-electron chi connectivity index (χ4n) is 0.879. The van der Waals surface area contributed by atoms with Gasteiger partial charge in [0, 0.05) is 0 Å². The maximum absolute atomic E-state index is 5.36. The van der Waals surface area contributed by atoms with Gasteiger partial charge in [0.1, 0.15) is 0 Å². The Balaban J connectivity index is 0. The topological polar surface area (TPSA) is 26.0 Å². The number of hydrogen-bond acceptors (Lipinski definition) is 1. The SMILES string of the molecule is C[CH-]CC.NCCCc1[c-]cccc1.[U+2]. The predicted octanol–water partition coefficient (Wildman–Crippen LogP) is 3.00. The van der Waals surface area contributed by atoms with Crippen molar-refractivity contribution in [3.63, 3.8) is 0 Å². The zero-order chi connectivity index (χ0) is 10.6. The van der Waals surface area contributed by atoms with Crippen LogP contribution in [0.3, 0.4) is 0 Å². The summed E-state index contributed by atoms with van der Waals surface area (Å²) in [6, 6.07) is 11.2. The number of nitrogens with two attached hydrogens (primary N) is 1. The molecular weight excluding hydrogens is 408 g/mol. The molecule has 0 fully saturated rings. The quantitative estimate of drug-likeness (QED) is 0.732. The van der Waals surface area contributed by atoms with Crippen LogP contribution in [-0.2, 0) is 6.42 Å². The molecule has 1 rings (SSSR count). The molecule has 0 radical (unpaired) electrons. The van der Waals surface area contributed by atoms with Gasteiger partial charge in [0.05, 0.1) is 0 Å². The minimum atomic E-state index is 0. The van der Waals surface area contributed by atoms with Crippen LogP contribution < -0.4 is 5.73 Å². The molecule has 1 aromatic carbocycles. The summed E-state index contributed by atoms with van der Waals surface area (Å²) < 4.78 is 0. The van der Waals surface area contributed by atoms with Crippen molar-refractivity contribution in [2.75, 3.05) is 6.54 Å². The Kier molecular flexibility index (Phi) is 16.7. The molecule has 0 bridgehead atoms. The van der Waals surface area contributed by atoms with Crippen molar-refractivity contribution < 1.29 is 31.1 Å². The van der Waals surface area contributed by atoms with Crippen LogP contribution in [0.15, 0.2) is 24.3 Å². The van der Waals surface area contributed by atoms with Crippen molar-refractivity contribution in [1.82, 2.24) is 0 Å². The van der Waals surface area contributed by atoms with Crippen LogP contribution >= 0.6 is 0 Å². The standard InChI is InChI=1S/C9H12N.C4H9.U/c10-8-4-7-9-5-2-1-3-6-9;1-3-4-2;/h1-3,5H,4,7-8,10H2;3H,4H2,1-2H3;/q2*-1;+2. The second-order valence-electron chi connectivity index (χ2n) is 3.10. The van der Waals surface area contributed by atoms with Gasteiger partial charge in [0.15, 0.2) is 0 Å². The number of aryl methyl sites for hydroxylation is 1. The van der Waals surface area contributed by atoms with Gasteiger partial charge in [-0.3, -0.25) is 0 Å². The number of benzene rings is 1. The normalized spacial score (nSPS) is 8.47. The van der Waals surface area contributed by atoms with E-state index < -0.39 is 0 Å². The Hall–Kier alpha value is 0.232. The Morgan fingerprint density at radius 3 is 2.47 bits per heavy atom. The maximum atomic E-state index is 5.36. The molecule has 0 aromatic heterocycles. The second-order valence-corrected chi connectivity index (χ2v) is 3.10. The van der Waals surface area contributed by atoms with Crippen LogP contribution in [0.4, 0.5) is 0 Å². The summed E-state index contributed by atoms with van der Waals surface area (Å²) in [5, 5.41) is 0. The van der Waals surface area contributed by atoms with Crippen molar-refractivity contribution in [3.8, 4) is 0 Å². The smallest absolute Gasteiger partial charge is 0.332 e. The molecule has 2 N–H and O–H groups in total. The van der Waals surface area contributed by atoms with Gasteiger partial charge < -0.3 is 12.2 Å². The molecule has 0 heterocycles. The molecule has 0 spiro atoms. The summed E-state index contributed by atoms with van der Waals surface area (Å²) in [6.07, 6.45) is 5.43. The first-order valence-corrected chi connectivity index (χ1v) is 5.28. The Bertz CT molecular complexity index is 197. The average Bonchev–Trinajstić information content (AvgIpc) is 2.28. The summed E-state index contributed by atoms with van der Waals surface area (Å²) in [6.45, 7) is 4.95. The van der Waals surface area contributed by atoms with E-state index in [9.17, 15) is 0 Å². The number of unbranched alkanes of at least 4 members (excludes halogenated alkanes) is 1. The zero-order valence-electron chi connectivity index (χ0n) is 9.79. The molecule has 0 aliphatic heterocycles. The van der Waals surface area contributed by atoms with Gasteiger partial charge in [-0.2, -0.15) is 49.2 Å². The van der Waals surface area contributed by atoms with Gasteiger partial charge in [-0.05, 0) is 19.4 Å². The third kappa shape index (κ3) is 12.2. The molecule has 1 aromatic rings. The van der Waals surface area contributed by atoms with E-state index in [0.29, 0.717) is 0 Å². The summed E-state index contributed by atoms with van der Waals surface area (Å²) in [4.78, 5) is 0. The van der Waals surface area contributed by atoms with Crippen molar-refractivity contribution in [3.05, 3.63) is 42.3 Å². The van der Waals surface area contributed by atoms with Crippen molar-refractivity contribution in [1.29, 1.82) is 0 Å². The largest absolute Gasteiger partial charge is 2.00 e. The van der Waals surface area contributed by atoms with E-state index in [0.717, 1.165) is 19.4 Å². The first-order chi connectivity index (χ1) is 6.85. The van der Waals surface area contributed by atoms with E-state index >= 15 is 0 Å². The molecule has 0 aliphatic carbocycles. The molecule has 0 saturated carbocycles. The van der Waals surface area contributed by atoms with E-state index in [2.05, 4.69) is 32.4 Å². The van der Waals surface area contributed by atoms with Gasteiger partial charge in [-0.15, -0.1) is 0 Å². The van der Waals surface area contributed by atoms with Crippen LogP contribution in [0, 0.1) is 43.6 Å². The summed E-state index contributed by atoms with van der Waals surface area (Å²) >= 11 is 0. The average molecular weight is 429 g/mol. The third-order valence-corrected chi connectivity index (χ3v) is 1.83. The Morgan fingerprint density at radius 2 is 2.07 bits per heavy atom. The fraction of sp³-hybridized carbons (Fsp3) is 0.462. The predicted molar refractivity (Wildman–Crippen MR) is 62.9 cm³/mol. The Labute approximate surface area is 118 Å². The molecule has 1 nitrogen and oxygen atoms in total. The van der Waals surface area contributed by atoms with E-state index in [1.807, 2.05) is 18.2 Å². The van der Waals surface area contributed by atoms with Gasteiger partial charge in [0.25, 0.3) is 0 Å². The molecule has 0 aliphatic rings. The number of hydrogen-bond donors (Lipinski definition) is 1. The first-order valence-electron chi connectivity index (χ1n) is 5.28. The van der Waals surface area contributed by atoms with E-state index in [-0.39, 0.29) is 31.1 Å². The van der Waals surface area contributed by atoms with Gasteiger partial charge in [-0.25, -0.2) is 0 Å². The first kappa shape index (κ1) is 17.6. The molecule has 0 unspecified atom stereocenters. The van der Waals surface area contributed by atoms with Crippen molar-refractivity contribution >= 4 is 0 Å². The van der Waals surface area contributed by atoms with Gasteiger partial charge >= 0.3 is 31.1 Å². The monoisotopic (exact) mass is 429 g/mol. The van der Waals surface area contributed by atoms with Crippen LogP contribution in [0.2, 0.25) is 0 Å². The van der Waals surface area contributed by atoms with Crippen LogP contribution in [0.5, 0.6) is 0 Å². The van der Waals surface area contributed by atoms with Crippen LogP contribution in [-0.4, -0.2) is 6.54 Å². The van der Waals surface area contributed by atoms with E-state index in [1.165, 1.54) is 12.0 Å². The molecule has 0 saturated heterocycles. The van der Waals surface area contributed by atoms with Gasteiger partial charge in [0.2, 0.25) is 0 Å².